The number of rotatable bonds is 4. The number of nitrogens with one attached hydrogen (secondary N) is 1. The summed E-state index contributed by atoms with van der Waals surface area (Å²) in [6.07, 6.45) is 1.25. The molecule has 0 aliphatic carbocycles. The molecule has 1 unspecified atom stereocenters. The molecule has 1 saturated heterocycles. The molecule has 2 aromatic rings. The van der Waals surface area contributed by atoms with Crippen molar-refractivity contribution in [1.29, 1.82) is 0 Å². The summed E-state index contributed by atoms with van der Waals surface area (Å²) in [5, 5.41) is 3.63. The first kappa shape index (κ1) is 20.1. The van der Waals surface area contributed by atoms with Gasteiger partial charge in [-0.1, -0.05) is 40.9 Å². The molecule has 0 bridgehead atoms. The Hall–Kier alpha value is -1.60. The van der Waals surface area contributed by atoms with Gasteiger partial charge >= 0.3 is 0 Å². The molecule has 1 N–H and O–H groups in total. The highest BCUT2D eigenvalue weighted by molar-refractivity contribution is 7.89. The Morgan fingerprint density at radius 2 is 1.74 bits per heavy atom. The summed E-state index contributed by atoms with van der Waals surface area (Å²) in [5.41, 5.74) is 1.49. The average molecular weight is 427 g/mol. The highest BCUT2D eigenvalue weighted by atomic mass is 35.5. The van der Waals surface area contributed by atoms with E-state index in [9.17, 15) is 13.2 Å². The number of piperidine rings is 1. The number of nitrogens with zero attached hydrogens (tertiary/aromatic N) is 1. The number of halogens is 2. The number of hydrogen-bond donors (Lipinski definition) is 1. The van der Waals surface area contributed by atoms with Crippen LogP contribution >= 0.6 is 23.2 Å². The van der Waals surface area contributed by atoms with Crippen LogP contribution in [-0.2, 0) is 14.8 Å². The first-order valence-electron chi connectivity index (χ1n) is 8.59. The van der Waals surface area contributed by atoms with Crippen molar-refractivity contribution in [1.82, 2.24) is 4.31 Å². The minimum atomic E-state index is -3.62. The monoisotopic (exact) mass is 426 g/mol. The molecule has 0 radical (unpaired) electrons. The molecule has 3 rings (SSSR count). The first-order chi connectivity index (χ1) is 12.8. The fourth-order valence-corrected chi connectivity index (χ4v) is 5.15. The third kappa shape index (κ3) is 4.82. The molecule has 27 heavy (non-hydrogen) atoms. The van der Waals surface area contributed by atoms with Gasteiger partial charge in [-0.2, -0.15) is 4.31 Å². The van der Waals surface area contributed by atoms with E-state index in [0.717, 1.165) is 5.56 Å². The molecule has 1 heterocycles. The molecule has 1 amide bonds. The zero-order valence-corrected chi connectivity index (χ0v) is 17.1. The van der Waals surface area contributed by atoms with Crippen LogP contribution in [0.3, 0.4) is 0 Å². The lowest BCUT2D eigenvalue weighted by atomic mass is 9.99. The SMILES string of the molecule is Cc1ccc(S(=O)(=O)N2CCCC(C(=O)Nc3cc(Cl)cc(Cl)c3)C2)cc1. The highest BCUT2D eigenvalue weighted by Gasteiger charge is 2.33. The lowest BCUT2D eigenvalue weighted by Gasteiger charge is -2.31. The quantitative estimate of drug-likeness (QED) is 0.790. The van der Waals surface area contributed by atoms with E-state index < -0.39 is 15.9 Å². The fraction of sp³-hybridized carbons (Fsp3) is 0.316. The smallest absolute Gasteiger partial charge is 0.243 e. The van der Waals surface area contributed by atoms with Gasteiger partial charge in [-0.15, -0.1) is 0 Å². The minimum absolute atomic E-state index is 0.149. The van der Waals surface area contributed by atoms with Crippen LogP contribution in [0.25, 0.3) is 0 Å². The molecule has 144 valence electrons. The second-order valence-electron chi connectivity index (χ2n) is 6.66. The van der Waals surface area contributed by atoms with Crippen LogP contribution in [0.1, 0.15) is 18.4 Å². The molecule has 1 aliphatic rings. The Kier molecular flexibility index (Phi) is 6.11. The van der Waals surface area contributed by atoms with Crippen molar-refractivity contribution in [2.75, 3.05) is 18.4 Å². The zero-order valence-electron chi connectivity index (χ0n) is 14.8. The van der Waals surface area contributed by atoms with Gasteiger partial charge in [0.2, 0.25) is 15.9 Å². The maximum atomic E-state index is 12.9. The number of carbonyl (C=O) groups excluding carboxylic acids is 1. The Balaban J connectivity index is 1.73. The largest absolute Gasteiger partial charge is 0.326 e. The van der Waals surface area contributed by atoms with Gasteiger partial charge in [-0.05, 0) is 50.1 Å². The van der Waals surface area contributed by atoms with Gasteiger partial charge in [0.15, 0.2) is 0 Å². The van der Waals surface area contributed by atoms with Gasteiger partial charge < -0.3 is 5.32 Å². The van der Waals surface area contributed by atoms with E-state index >= 15 is 0 Å². The lowest BCUT2D eigenvalue weighted by molar-refractivity contribution is -0.120. The van der Waals surface area contributed by atoms with Crippen LogP contribution in [-0.4, -0.2) is 31.7 Å². The molecule has 1 fully saturated rings. The van der Waals surface area contributed by atoms with Crippen molar-refractivity contribution in [3.8, 4) is 0 Å². The maximum absolute atomic E-state index is 12.9. The number of hydrogen-bond acceptors (Lipinski definition) is 3. The summed E-state index contributed by atoms with van der Waals surface area (Å²) in [4.78, 5) is 12.9. The first-order valence-corrected chi connectivity index (χ1v) is 10.8. The van der Waals surface area contributed by atoms with Gasteiger partial charge in [0.05, 0.1) is 10.8 Å². The van der Waals surface area contributed by atoms with Gasteiger partial charge in [-0.3, -0.25) is 4.79 Å². The molecule has 5 nitrogen and oxygen atoms in total. The van der Waals surface area contributed by atoms with E-state index in [1.807, 2.05) is 6.92 Å². The van der Waals surface area contributed by atoms with Crippen molar-refractivity contribution < 1.29 is 13.2 Å². The minimum Gasteiger partial charge on any atom is -0.326 e. The topological polar surface area (TPSA) is 66.5 Å². The second-order valence-corrected chi connectivity index (χ2v) is 9.47. The van der Waals surface area contributed by atoms with Gasteiger partial charge in [0.1, 0.15) is 0 Å². The Labute approximate surface area is 169 Å². The second kappa shape index (κ2) is 8.19. The van der Waals surface area contributed by atoms with Gasteiger partial charge in [0, 0.05) is 28.8 Å². The molecule has 1 aliphatic heterocycles. The highest BCUT2D eigenvalue weighted by Crippen LogP contribution is 2.27. The predicted octanol–water partition coefficient (Wildman–Crippen LogP) is 4.34. The Morgan fingerprint density at radius 3 is 2.37 bits per heavy atom. The summed E-state index contributed by atoms with van der Waals surface area (Å²) >= 11 is 11.9. The van der Waals surface area contributed by atoms with Crippen LogP contribution < -0.4 is 5.32 Å². The van der Waals surface area contributed by atoms with Crippen molar-refractivity contribution in [3.05, 3.63) is 58.1 Å². The van der Waals surface area contributed by atoms with E-state index in [1.54, 1.807) is 42.5 Å². The summed E-state index contributed by atoms with van der Waals surface area (Å²) < 4.78 is 27.1. The van der Waals surface area contributed by atoms with Crippen molar-refractivity contribution in [2.45, 2.75) is 24.7 Å². The number of amides is 1. The van der Waals surface area contributed by atoms with Gasteiger partial charge in [-0.25, -0.2) is 8.42 Å². The van der Waals surface area contributed by atoms with Crippen molar-refractivity contribution in [3.63, 3.8) is 0 Å². The molecule has 2 aromatic carbocycles. The fourth-order valence-electron chi connectivity index (χ4n) is 3.10. The third-order valence-electron chi connectivity index (χ3n) is 4.54. The number of sulfonamides is 1. The maximum Gasteiger partial charge on any atom is 0.243 e. The van der Waals surface area contributed by atoms with Gasteiger partial charge in [0.25, 0.3) is 0 Å². The van der Waals surface area contributed by atoms with E-state index in [2.05, 4.69) is 5.32 Å². The van der Waals surface area contributed by atoms with E-state index in [-0.39, 0.29) is 17.3 Å². The van der Waals surface area contributed by atoms with E-state index in [4.69, 9.17) is 23.2 Å². The summed E-state index contributed by atoms with van der Waals surface area (Å²) in [6, 6.07) is 11.5. The molecular formula is C19H20Cl2N2O3S. The number of aryl methyl sites for hydroxylation is 1. The van der Waals surface area contributed by atoms with Crippen LogP contribution in [0.2, 0.25) is 10.0 Å². The molecular weight excluding hydrogens is 407 g/mol. The number of anilines is 1. The summed E-state index contributed by atoms with van der Waals surface area (Å²) in [6.45, 7) is 2.46. The summed E-state index contributed by atoms with van der Waals surface area (Å²) in [7, 11) is -3.62. The Bertz CT molecular complexity index is 926. The standard InChI is InChI=1S/C19H20Cl2N2O3S/c1-13-4-6-18(7-5-13)27(25,26)23-8-2-3-14(12-23)19(24)22-17-10-15(20)9-16(21)11-17/h4-7,9-11,14H,2-3,8,12H2,1H3,(H,22,24). The van der Waals surface area contributed by atoms with Crippen LogP contribution in [0.4, 0.5) is 5.69 Å². The molecule has 1 atom stereocenters. The lowest BCUT2D eigenvalue weighted by Crippen LogP contribution is -2.43. The average Bonchev–Trinajstić information content (AvgIpc) is 2.61. The van der Waals surface area contributed by atoms with E-state index in [1.165, 1.54) is 4.31 Å². The Morgan fingerprint density at radius 1 is 1.11 bits per heavy atom. The molecule has 0 spiro atoms. The molecule has 0 aromatic heterocycles. The van der Waals surface area contributed by atoms with Crippen LogP contribution in [0.5, 0.6) is 0 Å². The zero-order chi connectivity index (χ0) is 19.6. The molecule has 8 heteroatoms. The number of carbonyl (C=O) groups is 1. The van der Waals surface area contributed by atoms with Crippen LogP contribution in [0, 0.1) is 12.8 Å². The normalized spacial score (nSPS) is 18.3. The van der Waals surface area contributed by atoms with Crippen molar-refractivity contribution >= 4 is 44.8 Å². The number of benzene rings is 2. The summed E-state index contributed by atoms with van der Waals surface area (Å²) in [5.74, 6) is -0.672. The molecule has 0 saturated carbocycles. The van der Waals surface area contributed by atoms with E-state index in [0.29, 0.717) is 35.1 Å². The van der Waals surface area contributed by atoms with Crippen LogP contribution in [0.15, 0.2) is 47.4 Å². The predicted molar refractivity (Wildman–Crippen MR) is 108 cm³/mol. The van der Waals surface area contributed by atoms with Crippen molar-refractivity contribution in [2.24, 2.45) is 5.92 Å². The third-order valence-corrected chi connectivity index (χ3v) is 6.86.